The first-order chi connectivity index (χ1) is 14.1. The van der Waals surface area contributed by atoms with E-state index in [0.717, 1.165) is 68.4 Å². The van der Waals surface area contributed by atoms with Gasteiger partial charge in [-0.15, -0.1) is 0 Å². The maximum Gasteiger partial charge on any atom is 0.272 e. The fraction of sp³-hybridized carbons (Fsp3) is 0.500. The van der Waals surface area contributed by atoms with E-state index in [1.807, 2.05) is 4.90 Å². The molecule has 6 nitrogen and oxygen atoms in total. The number of benzene rings is 1. The number of amides is 2. The summed E-state index contributed by atoms with van der Waals surface area (Å²) in [6, 6.07) is 6.23. The van der Waals surface area contributed by atoms with Crippen LogP contribution in [-0.4, -0.2) is 46.1 Å². The fourth-order valence-electron chi connectivity index (χ4n) is 4.25. The minimum absolute atomic E-state index is 0.170. The number of rotatable bonds is 6. The van der Waals surface area contributed by atoms with Gasteiger partial charge in [-0.2, -0.15) is 5.10 Å². The Morgan fingerprint density at radius 3 is 2.62 bits per heavy atom. The van der Waals surface area contributed by atoms with E-state index in [-0.39, 0.29) is 17.6 Å². The van der Waals surface area contributed by atoms with Crippen LogP contribution in [0.3, 0.4) is 0 Å². The van der Waals surface area contributed by atoms with Crippen molar-refractivity contribution in [2.45, 2.75) is 51.4 Å². The van der Waals surface area contributed by atoms with Crippen LogP contribution < -0.4 is 5.32 Å². The maximum absolute atomic E-state index is 13.3. The minimum atomic E-state index is -0.290. The van der Waals surface area contributed by atoms with Crippen molar-refractivity contribution in [3.05, 3.63) is 47.0 Å². The molecule has 154 valence electrons. The van der Waals surface area contributed by atoms with Crippen molar-refractivity contribution >= 4 is 11.8 Å². The topological polar surface area (TPSA) is 67.2 Å². The van der Waals surface area contributed by atoms with Gasteiger partial charge in [-0.05, 0) is 62.8 Å². The lowest BCUT2D eigenvalue weighted by molar-refractivity contribution is -0.127. The van der Waals surface area contributed by atoms with E-state index in [2.05, 4.69) is 10.4 Å². The fourth-order valence-corrected chi connectivity index (χ4v) is 4.25. The van der Waals surface area contributed by atoms with Gasteiger partial charge in [0, 0.05) is 37.3 Å². The van der Waals surface area contributed by atoms with Crippen molar-refractivity contribution in [1.29, 1.82) is 0 Å². The van der Waals surface area contributed by atoms with Gasteiger partial charge in [0.05, 0.1) is 5.69 Å². The van der Waals surface area contributed by atoms with Gasteiger partial charge in [-0.1, -0.05) is 6.42 Å². The van der Waals surface area contributed by atoms with Crippen molar-refractivity contribution in [3.8, 4) is 5.69 Å². The molecule has 0 unspecified atom stereocenters. The van der Waals surface area contributed by atoms with Crippen LogP contribution in [0.4, 0.5) is 4.39 Å². The highest BCUT2D eigenvalue weighted by Crippen LogP contribution is 2.26. The van der Waals surface area contributed by atoms with E-state index in [1.54, 1.807) is 16.8 Å². The molecule has 1 N–H and O–H groups in total. The van der Waals surface area contributed by atoms with Gasteiger partial charge in [0.1, 0.15) is 5.82 Å². The van der Waals surface area contributed by atoms with Crippen LogP contribution in [0.2, 0.25) is 0 Å². The smallest absolute Gasteiger partial charge is 0.272 e. The van der Waals surface area contributed by atoms with Crippen molar-refractivity contribution < 1.29 is 14.0 Å². The third-order valence-corrected chi connectivity index (χ3v) is 5.78. The zero-order valence-corrected chi connectivity index (χ0v) is 16.6. The third-order valence-electron chi connectivity index (χ3n) is 5.78. The SMILES string of the molecule is O=C(NCCCN1CCCC1=O)c1nn(-c2ccc(F)cc2)c2c1CCCCC2. The number of carbonyl (C=O) groups is 2. The molecular formula is C22H27FN4O2. The molecular weight excluding hydrogens is 371 g/mol. The second-order valence-electron chi connectivity index (χ2n) is 7.82. The molecule has 4 rings (SSSR count). The van der Waals surface area contributed by atoms with Gasteiger partial charge >= 0.3 is 0 Å². The molecule has 1 aliphatic heterocycles. The summed E-state index contributed by atoms with van der Waals surface area (Å²) in [4.78, 5) is 26.4. The van der Waals surface area contributed by atoms with Gasteiger partial charge in [-0.25, -0.2) is 9.07 Å². The molecule has 1 aromatic heterocycles. The van der Waals surface area contributed by atoms with Crippen molar-refractivity contribution in [2.24, 2.45) is 0 Å². The standard InChI is InChI=1S/C22H27FN4O2/c23-16-9-11-17(12-10-16)27-19-7-3-1-2-6-18(19)21(25-27)22(29)24-13-5-15-26-14-4-8-20(26)28/h9-12H,1-8,13-15H2,(H,24,29). The Morgan fingerprint density at radius 2 is 1.86 bits per heavy atom. The van der Waals surface area contributed by atoms with Crippen molar-refractivity contribution in [3.63, 3.8) is 0 Å². The number of hydrogen-bond acceptors (Lipinski definition) is 3. The molecule has 0 radical (unpaired) electrons. The quantitative estimate of drug-likeness (QED) is 0.601. The highest BCUT2D eigenvalue weighted by atomic mass is 19.1. The number of likely N-dealkylation sites (tertiary alicyclic amines) is 1. The predicted molar refractivity (Wildman–Crippen MR) is 108 cm³/mol. The summed E-state index contributed by atoms with van der Waals surface area (Å²) >= 11 is 0. The Kier molecular flexibility index (Phi) is 5.92. The molecule has 1 aromatic carbocycles. The summed E-state index contributed by atoms with van der Waals surface area (Å²) in [5.74, 6) is -0.252. The molecule has 2 amide bonds. The van der Waals surface area contributed by atoms with E-state index < -0.39 is 0 Å². The first-order valence-corrected chi connectivity index (χ1v) is 10.6. The Hall–Kier alpha value is -2.70. The molecule has 1 fully saturated rings. The first kappa shape index (κ1) is 19.6. The van der Waals surface area contributed by atoms with E-state index in [4.69, 9.17) is 0 Å². The monoisotopic (exact) mass is 398 g/mol. The number of fused-ring (bicyclic) bond motifs is 1. The van der Waals surface area contributed by atoms with Crippen LogP contribution >= 0.6 is 0 Å². The summed E-state index contributed by atoms with van der Waals surface area (Å²) in [6.45, 7) is 2.02. The normalized spacial score (nSPS) is 16.6. The largest absolute Gasteiger partial charge is 0.351 e. The molecule has 2 aromatic rings. The molecule has 0 spiro atoms. The zero-order chi connectivity index (χ0) is 20.2. The summed E-state index contributed by atoms with van der Waals surface area (Å²) < 4.78 is 15.1. The highest BCUT2D eigenvalue weighted by Gasteiger charge is 2.25. The predicted octanol–water partition coefficient (Wildman–Crippen LogP) is 3.02. The van der Waals surface area contributed by atoms with Crippen molar-refractivity contribution in [2.75, 3.05) is 19.6 Å². The molecule has 2 heterocycles. The molecule has 7 heteroatoms. The lowest BCUT2D eigenvalue weighted by Gasteiger charge is -2.15. The summed E-state index contributed by atoms with van der Waals surface area (Å²) in [7, 11) is 0. The average Bonchev–Trinajstić information content (AvgIpc) is 3.20. The van der Waals surface area contributed by atoms with Crippen LogP contribution in [0.1, 0.15) is 60.3 Å². The van der Waals surface area contributed by atoms with E-state index in [0.29, 0.717) is 25.2 Å². The Morgan fingerprint density at radius 1 is 1.07 bits per heavy atom. The van der Waals surface area contributed by atoms with E-state index in [1.165, 1.54) is 12.1 Å². The number of carbonyl (C=O) groups excluding carboxylic acids is 2. The number of hydrogen-bond donors (Lipinski definition) is 1. The zero-order valence-electron chi connectivity index (χ0n) is 16.6. The van der Waals surface area contributed by atoms with Gasteiger partial charge in [-0.3, -0.25) is 9.59 Å². The van der Waals surface area contributed by atoms with Gasteiger partial charge < -0.3 is 10.2 Å². The number of nitrogens with one attached hydrogen (secondary N) is 1. The van der Waals surface area contributed by atoms with Crippen LogP contribution in [0.25, 0.3) is 5.69 Å². The molecule has 0 bridgehead atoms. The summed E-state index contributed by atoms with van der Waals surface area (Å²) in [6.07, 6.45) is 7.23. The summed E-state index contributed by atoms with van der Waals surface area (Å²) in [5.41, 5.74) is 3.32. The van der Waals surface area contributed by atoms with E-state index in [9.17, 15) is 14.0 Å². The van der Waals surface area contributed by atoms with Gasteiger partial charge in [0.2, 0.25) is 5.91 Å². The van der Waals surface area contributed by atoms with Gasteiger partial charge in [0.15, 0.2) is 5.69 Å². The Bertz CT molecular complexity index is 891. The van der Waals surface area contributed by atoms with Crippen LogP contribution in [0.15, 0.2) is 24.3 Å². The van der Waals surface area contributed by atoms with E-state index >= 15 is 0 Å². The molecule has 1 saturated heterocycles. The Labute approximate surface area is 170 Å². The van der Waals surface area contributed by atoms with Crippen LogP contribution in [0, 0.1) is 5.82 Å². The second kappa shape index (κ2) is 8.76. The van der Waals surface area contributed by atoms with Gasteiger partial charge in [0.25, 0.3) is 5.91 Å². The van der Waals surface area contributed by atoms with Crippen LogP contribution in [-0.2, 0) is 17.6 Å². The van der Waals surface area contributed by atoms with Crippen LogP contribution in [0.5, 0.6) is 0 Å². The number of aromatic nitrogens is 2. The second-order valence-corrected chi connectivity index (χ2v) is 7.82. The third kappa shape index (κ3) is 4.33. The Balaban J connectivity index is 1.48. The molecule has 1 aliphatic carbocycles. The first-order valence-electron chi connectivity index (χ1n) is 10.6. The lowest BCUT2D eigenvalue weighted by Crippen LogP contribution is -2.31. The van der Waals surface area contributed by atoms with Crippen molar-refractivity contribution in [1.82, 2.24) is 20.0 Å². The average molecular weight is 398 g/mol. The molecule has 29 heavy (non-hydrogen) atoms. The lowest BCUT2D eigenvalue weighted by atomic mass is 10.1. The molecule has 0 atom stereocenters. The molecule has 2 aliphatic rings. The highest BCUT2D eigenvalue weighted by molar-refractivity contribution is 5.94. The number of halogens is 1. The number of nitrogens with zero attached hydrogens (tertiary/aromatic N) is 3. The summed E-state index contributed by atoms with van der Waals surface area (Å²) in [5, 5.41) is 7.59. The minimum Gasteiger partial charge on any atom is -0.351 e. The molecule has 0 saturated carbocycles. The maximum atomic E-state index is 13.3.